The summed E-state index contributed by atoms with van der Waals surface area (Å²) in [5, 5.41) is 21.9. The van der Waals surface area contributed by atoms with Crippen molar-refractivity contribution in [3.05, 3.63) is 70.3 Å². The molecule has 0 aliphatic heterocycles. The number of nitrogens with zero attached hydrogens (tertiary/aromatic N) is 1. The lowest BCUT2D eigenvalue weighted by molar-refractivity contribution is -0.385. The fourth-order valence-corrected chi connectivity index (χ4v) is 5.02. The maximum atomic E-state index is 13.0. The highest BCUT2D eigenvalue weighted by molar-refractivity contribution is 7.89. The molecular formula is C21H27N3O6S. The van der Waals surface area contributed by atoms with Crippen molar-refractivity contribution in [3.8, 4) is 0 Å². The number of nitro benzene ring substituents is 1. The highest BCUT2D eigenvalue weighted by Gasteiger charge is 2.39. The van der Waals surface area contributed by atoms with Gasteiger partial charge < -0.3 is 15.6 Å². The van der Waals surface area contributed by atoms with E-state index < -0.39 is 26.7 Å². The first kappa shape index (κ1) is 23.3. The second-order valence-electron chi connectivity index (χ2n) is 7.82. The van der Waals surface area contributed by atoms with E-state index >= 15 is 0 Å². The van der Waals surface area contributed by atoms with Crippen molar-refractivity contribution in [1.82, 2.24) is 4.72 Å². The van der Waals surface area contributed by atoms with Gasteiger partial charge in [-0.3, -0.25) is 10.1 Å². The number of hydrogen-bond acceptors (Lipinski definition) is 7. The summed E-state index contributed by atoms with van der Waals surface area (Å²) in [5.41, 5.74) is 4.99. The second kappa shape index (κ2) is 9.84. The molecule has 2 atom stereocenters. The van der Waals surface area contributed by atoms with E-state index in [2.05, 4.69) is 4.72 Å². The van der Waals surface area contributed by atoms with Gasteiger partial charge in [0, 0.05) is 18.6 Å². The summed E-state index contributed by atoms with van der Waals surface area (Å²) in [5.74, 6) is 0. The first-order valence-corrected chi connectivity index (χ1v) is 11.6. The molecule has 3 rings (SSSR count). The molecule has 0 unspecified atom stereocenters. The topological polar surface area (TPSA) is 145 Å². The number of nitrogens with two attached hydrogens (primary N) is 1. The van der Waals surface area contributed by atoms with Gasteiger partial charge in [-0.25, -0.2) is 8.42 Å². The molecule has 0 saturated heterocycles. The van der Waals surface area contributed by atoms with Gasteiger partial charge in [0.25, 0.3) is 5.69 Å². The molecule has 31 heavy (non-hydrogen) atoms. The van der Waals surface area contributed by atoms with Crippen molar-refractivity contribution in [1.29, 1.82) is 0 Å². The van der Waals surface area contributed by atoms with Crippen molar-refractivity contribution >= 4 is 15.7 Å². The Balaban J connectivity index is 1.85. The Labute approximate surface area is 181 Å². The summed E-state index contributed by atoms with van der Waals surface area (Å²) >= 11 is 0. The van der Waals surface area contributed by atoms with Crippen LogP contribution in [0.4, 0.5) is 5.69 Å². The molecule has 0 bridgehead atoms. The van der Waals surface area contributed by atoms with Crippen molar-refractivity contribution in [2.24, 2.45) is 5.73 Å². The number of aliphatic hydroxyl groups is 1. The van der Waals surface area contributed by atoms with E-state index in [4.69, 9.17) is 10.5 Å². The molecule has 168 valence electrons. The maximum Gasteiger partial charge on any atom is 0.270 e. The molecule has 10 heteroatoms. The standard InChI is InChI=1S/C21H27N3O6S/c22-21(14-16-7-2-1-3-8-16,20(25)15-30-18-10-4-5-11-18)23-31(28,29)19-12-6-9-17(13-19)24(26)27/h1-3,6-9,12-13,18,20,23,25H,4-5,10-11,14-15,22H2/t20-,21-/m0/s1. The lowest BCUT2D eigenvalue weighted by Crippen LogP contribution is -2.66. The molecule has 0 aromatic heterocycles. The Morgan fingerprint density at radius 2 is 1.87 bits per heavy atom. The third-order valence-electron chi connectivity index (χ3n) is 5.39. The van der Waals surface area contributed by atoms with E-state index in [1.54, 1.807) is 24.3 Å². The van der Waals surface area contributed by atoms with Gasteiger partial charge in [0.15, 0.2) is 0 Å². The number of aliphatic hydroxyl groups excluding tert-OH is 1. The van der Waals surface area contributed by atoms with Gasteiger partial charge in [0.1, 0.15) is 11.8 Å². The molecule has 1 aliphatic carbocycles. The fraction of sp³-hybridized carbons (Fsp3) is 0.429. The SMILES string of the molecule is N[C@@](Cc1ccccc1)(NS(=O)(=O)c1cccc([N+](=O)[O-])c1)[C@@H](O)COC1CCCC1. The number of nitrogens with one attached hydrogen (secondary N) is 1. The van der Waals surface area contributed by atoms with E-state index in [0.717, 1.165) is 31.7 Å². The van der Waals surface area contributed by atoms with E-state index in [-0.39, 0.29) is 29.7 Å². The van der Waals surface area contributed by atoms with Crippen molar-refractivity contribution in [2.45, 2.75) is 54.9 Å². The number of sulfonamides is 1. The van der Waals surface area contributed by atoms with Crippen LogP contribution in [0.25, 0.3) is 0 Å². The van der Waals surface area contributed by atoms with Crippen LogP contribution in [0.1, 0.15) is 31.2 Å². The van der Waals surface area contributed by atoms with Crippen molar-refractivity contribution in [2.75, 3.05) is 6.61 Å². The van der Waals surface area contributed by atoms with Crippen LogP contribution in [0, 0.1) is 10.1 Å². The van der Waals surface area contributed by atoms with Crippen LogP contribution < -0.4 is 10.5 Å². The zero-order chi connectivity index (χ0) is 22.5. The molecule has 1 aliphatic rings. The molecule has 0 heterocycles. The molecule has 1 fully saturated rings. The third-order valence-corrected chi connectivity index (χ3v) is 6.91. The molecule has 4 N–H and O–H groups in total. The molecule has 0 radical (unpaired) electrons. The monoisotopic (exact) mass is 449 g/mol. The summed E-state index contributed by atoms with van der Waals surface area (Å²) in [6, 6.07) is 13.6. The van der Waals surface area contributed by atoms with E-state index in [1.807, 2.05) is 6.07 Å². The fourth-order valence-electron chi connectivity index (χ4n) is 3.66. The third kappa shape index (κ3) is 6.08. The predicted molar refractivity (Wildman–Crippen MR) is 115 cm³/mol. The average Bonchev–Trinajstić information content (AvgIpc) is 3.26. The van der Waals surface area contributed by atoms with Crippen molar-refractivity contribution < 1.29 is 23.2 Å². The highest BCUT2D eigenvalue weighted by Crippen LogP contribution is 2.24. The molecule has 0 spiro atoms. The molecule has 2 aromatic carbocycles. The molecule has 0 amide bonds. The average molecular weight is 450 g/mol. The first-order valence-electron chi connectivity index (χ1n) is 10.1. The van der Waals surface area contributed by atoms with Crippen LogP contribution in [0.2, 0.25) is 0 Å². The smallest absolute Gasteiger partial charge is 0.270 e. The minimum absolute atomic E-state index is 0.00279. The minimum atomic E-state index is -4.27. The van der Waals surface area contributed by atoms with Gasteiger partial charge in [-0.15, -0.1) is 0 Å². The second-order valence-corrected chi connectivity index (χ2v) is 9.50. The number of benzene rings is 2. The quantitative estimate of drug-likeness (QED) is 0.286. The lowest BCUT2D eigenvalue weighted by atomic mass is 9.96. The predicted octanol–water partition coefficient (Wildman–Crippen LogP) is 2.09. The maximum absolute atomic E-state index is 13.0. The Morgan fingerprint density at radius 3 is 2.52 bits per heavy atom. The van der Waals surface area contributed by atoms with Crippen LogP contribution in [-0.2, 0) is 21.2 Å². The number of non-ortho nitro benzene ring substituents is 1. The van der Waals surface area contributed by atoms with Crippen LogP contribution >= 0.6 is 0 Å². The van der Waals surface area contributed by atoms with Gasteiger partial charge in [0.2, 0.25) is 10.0 Å². The zero-order valence-electron chi connectivity index (χ0n) is 17.0. The summed E-state index contributed by atoms with van der Waals surface area (Å²) in [4.78, 5) is 10.0. The molecule has 1 saturated carbocycles. The van der Waals surface area contributed by atoms with Gasteiger partial charge in [-0.1, -0.05) is 49.2 Å². The summed E-state index contributed by atoms with van der Waals surface area (Å²) in [6.45, 7) is -0.133. The van der Waals surface area contributed by atoms with Gasteiger partial charge in [0.05, 0.1) is 22.5 Å². The van der Waals surface area contributed by atoms with E-state index in [0.29, 0.717) is 5.56 Å². The summed E-state index contributed by atoms with van der Waals surface area (Å²) < 4.78 is 34.2. The van der Waals surface area contributed by atoms with Crippen molar-refractivity contribution in [3.63, 3.8) is 0 Å². The number of rotatable bonds is 10. The van der Waals surface area contributed by atoms with E-state index in [1.165, 1.54) is 18.2 Å². The summed E-state index contributed by atoms with van der Waals surface area (Å²) in [7, 11) is -4.27. The number of nitro groups is 1. The largest absolute Gasteiger partial charge is 0.387 e. The van der Waals surface area contributed by atoms with Crippen LogP contribution in [0.15, 0.2) is 59.5 Å². The minimum Gasteiger partial charge on any atom is -0.387 e. The van der Waals surface area contributed by atoms with Gasteiger partial charge in [-0.05, 0) is 24.5 Å². The van der Waals surface area contributed by atoms with E-state index in [9.17, 15) is 23.6 Å². The van der Waals surface area contributed by atoms with Crippen LogP contribution in [0.3, 0.4) is 0 Å². The number of hydrogen-bond donors (Lipinski definition) is 3. The Morgan fingerprint density at radius 1 is 1.19 bits per heavy atom. The molecular weight excluding hydrogens is 422 g/mol. The molecule has 9 nitrogen and oxygen atoms in total. The Kier molecular flexibility index (Phi) is 7.39. The first-order chi connectivity index (χ1) is 14.7. The van der Waals surface area contributed by atoms with Gasteiger partial charge >= 0.3 is 0 Å². The zero-order valence-corrected chi connectivity index (χ0v) is 17.8. The van der Waals surface area contributed by atoms with Gasteiger partial charge in [-0.2, -0.15) is 4.72 Å². The van der Waals surface area contributed by atoms with Crippen LogP contribution in [-0.4, -0.2) is 42.9 Å². The lowest BCUT2D eigenvalue weighted by Gasteiger charge is -2.35. The number of ether oxygens (including phenoxy) is 1. The summed E-state index contributed by atoms with van der Waals surface area (Å²) in [6.07, 6.45) is 2.56. The molecule has 2 aromatic rings. The highest BCUT2D eigenvalue weighted by atomic mass is 32.2. The Bertz CT molecular complexity index is 995. The Hall–Kier alpha value is -2.37. The normalized spacial score (nSPS) is 17.9. The van der Waals surface area contributed by atoms with Crippen LogP contribution in [0.5, 0.6) is 0 Å².